The summed E-state index contributed by atoms with van der Waals surface area (Å²) < 4.78 is 1.53. The highest BCUT2D eigenvalue weighted by atomic mass is 16.3. The van der Waals surface area contributed by atoms with E-state index in [9.17, 15) is 9.90 Å². The number of pyridine rings is 1. The molecule has 3 heterocycles. The van der Waals surface area contributed by atoms with E-state index in [4.69, 9.17) is 0 Å². The summed E-state index contributed by atoms with van der Waals surface area (Å²) in [6.45, 7) is 0.864. The second kappa shape index (κ2) is 4.36. The van der Waals surface area contributed by atoms with E-state index < -0.39 is 5.60 Å². The molecular weight excluding hydrogens is 270 g/mol. The van der Waals surface area contributed by atoms with Crippen LogP contribution >= 0.6 is 0 Å². The minimum atomic E-state index is -0.649. The molecule has 1 aliphatic carbocycles. The van der Waals surface area contributed by atoms with Crippen molar-refractivity contribution < 1.29 is 9.90 Å². The fraction of sp³-hybridized carbons (Fsp3) is 0.429. The molecule has 2 aromatic heterocycles. The first-order valence-corrected chi connectivity index (χ1v) is 6.98. The summed E-state index contributed by atoms with van der Waals surface area (Å²) in [4.78, 5) is 22.0. The van der Waals surface area contributed by atoms with Crippen LogP contribution in [0, 0.1) is 5.92 Å². The van der Waals surface area contributed by atoms with E-state index in [1.807, 2.05) is 0 Å². The van der Waals surface area contributed by atoms with Gasteiger partial charge in [-0.25, -0.2) is 14.6 Å². The van der Waals surface area contributed by atoms with Crippen LogP contribution in [0.4, 0.5) is 0 Å². The average Bonchev–Trinajstić information content (AvgIpc) is 3.19. The number of carbonyl (C=O) groups excluding carboxylic acids is 1. The topological polar surface area (TPSA) is 84.1 Å². The Morgan fingerprint density at radius 3 is 2.71 bits per heavy atom. The van der Waals surface area contributed by atoms with Crippen molar-refractivity contribution in [1.82, 2.24) is 24.6 Å². The smallest absolute Gasteiger partial charge is 0.255 e. The SMILES string of the molecule is O=C(c1ccc(-n2cncn2)nc1)N1CC(O)(C2CC2)C1. The van der Waals surface area contributed by atoms with Gasteiger partial charge in [-0.15, -0.1) is 0 Å². The Morgan fingerprint density at radius 1 is 1.33 bits per heavy atom. The molecule has 2 fully saturated rings. The molecular formula is C14H15N5O2. The fourth-order valence-corrected chi connectivity index (χ4v) is 2.79. The zero-order chi connectivity index (χ0) is 14.4. The van der Waals surface area contributed by atoms with Gasteiger partial charge < -0.3 is 10.0 Å². The molecule has 2 aliphatic rings. The maximum Gasteiger partial charge on any atom is 0.255 e. The number of nitrogens with zero attached hydrogens (tertiary/aromatic N) is 5. The van der Waals surface area contributed by atoms with E-state index >= 15 is 0 Å². The highest BCUT2D eigenvalue weighted by Gasteiger charge is 2.53. The minimum absolute atomic E-state index is 0.0852. The number of β-amino-alcohol motifs (C(OH)–C–C–N with tert-alkyl or cyclic N) is 1. The van der Waals surface area contributed by atoms with Crippen LogP contribution in [0.1, 0.15) is 23.2 Å². The predicted octanol–water partition coefficient (Wildman–Crippen LogP) is 0.259. The molecule has 1 saturated carbocycles. The second-order valence-corrected chi connectivity index (χ2v) is 5.78. The molecule has 1 aliphatic heterocycles. The van der Waals surface area contributed by atoms with Crippen molar-refractivity contribution in [2.24, 2.45) is 5.92 Å². The Balaban J connectivity index is 1.46. The van der Waals surface area contributed by atoms with Gasteiger partial charge in [0.05, 0.1) is 18.7 Å². The molecule has 0 unspecified atom stereocenters. The van der Waals surface area contributed by atoms with Crippen LogP contribution in [0.5, 0.6) is 0 Å². The highest BCUT2D eigenvalue weighted by Crippen LogP contribution is 2.44. The lowest BCUT2D eigenvalue weighted by Gasteiger charge is -2.46. The monoisotopic (exact) mass is 285 g/mol. The van der Waals surface area contributed by atoms with Crippen LogP contribution < -0.4 is 0 Å². The summed E-state index contributed by atoms with van der Waals surface area (Å²) in [5.41, 5.74) is -0.124. The van der Waals surface area contributed by atoms with E-state index in [-0.39, 0.29) is 5.91 Å². The van der Waals surface area contributed by atoms with Gasteiger partial charge in [-0.1, -0.05) is 0 Å². The summed E-state index contributed by atoms with van der Waals surface area (Å²) in [6.07, 6.45) is 6.67. The lowest BCUT2D eigenvalue weighted by Crippen LogP contribution is -2.64. The average molecular weight is 285 g/mol. The number of carbonyl (C=O) groups is 1. The minimum Gasteiger partial charge on any atom is -0.386 e. The molecule has 7 nitrogen and oxygen atoms in total. The summed E-state index contributed by atoms with van der Waals surface area (Å²) in [6, 6.07) is 3.45. The van der Waals surface area contributed by atoms with Crippen molar-refractivity contribution in [3.05, 3.63) is 36.5 Å². The van der Waals surface area contributed by atoms with Crippen molar-refractivity contribution in [2.75, 3.05) is 13.1 Å². The third kappa shape index (κ3) is 2.09. The first kappa shape index (κ1) is 12.5. The zero-order valence-corrected chi connectivity index (χ0v) is 11.4. The molecule has 21 heavy (non-hydrogen) atoms. The Labute approximate surface area is 121 Å². The van der Waals surface area contributed by atoms with Gasteiger partial charge in [0, 0.05) is 6.20 Å². The molecule has 108 valence electrons. The van der Waals surface area contributed by atoms with Crippen molar-refractivity contribution in [3.63, 3.8) is 0 Å². The zero-order valence-electron chi connectivity index (χ0n) is 11.4. The predicted molar refractivity (Wildman–Crippen MR) is 72.7 cm³/mol. The van der Waals surface area contributed by atoms with Gasteiger partial charge >= 0.3 is 0 Å². The molecule has 1 saturated heterocycles. The van der Waals surface area contributed by atoms with Crippen LogP contribution in [-0.4, -0.2) is 54.4 Å². The molecule has 1 amide bonds. The van der Waals surface area contributed by atoms with Gasteiger partial charge in [-0.2, -0.15) is 5.10 Å². The molecule has 4 rings (SSSR count). The fourth-order valence-electron chi connectivity index (χ4n) is 2.79. The summed E-state index contributed by atoms with van der Waals surface area (Å²) in [5, 5.41) is 14.2. The molecule has 7 heteroatoms. The standard InChI is InChI=1S/C14H15N5O2/c20-13(18-6-14(21,7-18)11-2-3-11)10-1-4-12(16-5-10)19-9-15-8-17-19/h1,4-5,8-9,11,21H,2-3,6-7H2. The van der Waals surface area contributed by atoms with E-state index in [0.29, 0.717) is 30.4 Å². The number of likely N-dealkylation sites (tertiary alicyclic amines) is 1. The maximum atomic E-state index is 12.3. The van der Waals surface area contributed by atoms with E-state index in [2.05, 4.69) is 15.1 Å². The largest absolute Gasteiger partial charge is 0.386 e. The van der Waals surface area contributed by atoms with Gasteiger partial charge in [0.2, 0.25) is 0 Å². The quantitative estimate of drug-likeness (QED) is 0.874. The first-order valence-electron chi connectivity index (χ1n) is 6.98. The second-order valence-electron chi connectivity index (χ2n) is 5.78. The van der Waals surface area contributed by atoms with Gasteiger partial charge in [-0.3, -0.25) is 4.79 Å². The molecule has 0 spiro atoms. The number of rotatable bonds is 3. The normalized spacial score (nSPS) is 20.1. The van der Waals surface area contributed by atoms with Crippen molar-refractivity contribution >= 4 is 5.91 Å². The van der Waals surface area contributed by atoms with Gasteiger partial charge in [0.1, 0.15) is 18.3 Å². The van der Waals surface area contributed by atoms with Crippen LogP contribution in [-0.2, 0) is 0 Å². The molecule has 0 bridgehead atoms. The highest BCUT2D eigenvalue weighted by molar-refractivity contribution is 5.94. The Bertz CT molecular complexity index is 657. The van der Waals surface area contributed by atoms with Crippen molar-refractivity contribution in [3.8, 4) is 5.82 Å². The van der Waals surface area contributed by atoms with Gasteiger partial charge in [0.25, 0.3) is 5.91 Å². The Kier molecular flexibility index (Phi) is 2.58. The Morgan fingerprint density at radius 2 is 2.14 bits per heavy atom. The molecule has 0 aromatic carbocycles. The summed E-state index contributed by atoms with van der Waals surface area (Å²) in [5.74, 6) is 0.912. The summed E-state index contributed by atoms with van der Waals surface area (Å²) in [7, 11) is 0. The molecule has 1 N–H and O–H groups in total. The lowest BCUT2D eigenvalue weighted by atomic mass is 9.88. The lowest BCUT2D eigenvalue weighted by molar-refractivity contribution is -0.0958. The van der Waals surface area contributed by atoms with Crippen molar-refractivity contribution in [2.45, 2.75) is 18.4 Å². The van der Waals surface area contributed by atoms with Crippen LogP contribution in [0.25, 0.3) is 5.82 Å². The number of hydrogen-bond acceptors (Lipinski definition) is 5. The number of hydrogen-bond donors (Lipinski definition) is 1. The number of aromatic nitrogens is 4. The van der Waals surface area contributed by atoms with Gasteiger partial charge in [-0.05, 0) is 30.9 Å². The maximum absolute atomic E-state index is 12.3. The Hall–Kier alpha value is -2.28. The van der Waals surface area contributed by atoms with Crippen LogP contribution in [0.15, 0.2) is 31.0 Å². The van der Waals surface area contributed by atoms with Gasteiger partial charge in [0.15, 0.2) is 5.82 Å². The molecule has 0 radical (unpaired) electrons. The van der Waals surface area contributed by atoms with E-state index in [1.54, 1.807) is 23.4 Å². The third-order valence-corrected chi connectivity index (χ3v) is 4.20. The number of amides is 1. The van der Waals surface area contributed by atoms with E-state index in [1.165, 1.54) is 17.2 Å². The van der Waals surface area contributed by atoms with E-state index in [0.717, 1.165) is 12.8 Å². The number of aliphatic hydroxyl groups is 1. The first-order chi connectivity index (χ1) is 10.2. The molecule has 0 atom stereocenters. The molecule has 2 aromatic rings. The van der Waals surface area contributed by atoms with Crippen molar-refractivity contribution in [1.29, 1.82) is 0 Å². The van der Waals surface area contributed by atoms with Crippen LogP contribution in [0.2, 0.25) is 0 Å². The van der Waals surface area contributed by atoms with Crippen LogP contribution in [0.3, 0.4) is 0 Å². The summed E-state index contributed by atoms with van der Waals surface area (Å²) >= 11 is 0. The third-order valence-electron chi connectivity index (χ3n) is 4.20.